The van der Waals surface area contributed by atoms with E-state index in [1.165, 1.54) is 11.3 Å². The van der Waals surface area contributed by atoms with E-state index >= 15 is 0 Å². The Balaban J connectivity index is 2.08. The quantitative estimate of drug-likeness (QED) is 0.784. The molecule has 5 nitrogen and oxygen atoms in total. The Bertz CT molecular complexity index is 479. The minimum Gasteiger partial charge on any atom is -0.485 e. The van der Waals surface area contributed by atoms with Crippen LogP contribution in [-0.2, 0) is 14.3 Å². The molecule has 0 radical (unpaired) electrons. The number of fused-ring (bicyclic) bond motifs is 1. The van der Waals surface area contributed by atoms with Gasteiger partial charge in [0.25, 0.3) is 10.1 Å². The predicted molar refractivity (Wildman–Crippen MR) is 64.2 cm³/mol. The fourth-order valence-electron chi connectivity index (χ4n) is 1.63. The fourth-order valence-corrected chi connectivity index (χ4v) is 3.01. The molecule has 0 saturated carbocycles. The van der Waals surface area contributed by atoms with E-state index in [9.17, 15) is 8.42 Å². The molecule has 0 N–H and O–H groups in total. The summed E-state index contributed by atoms with van der Waals surface area (Å²) < 4.78 is 38.4. The van der Waals surface area contributed by atoms with Gasteiger partial charge in [0, 0.05) is 10.8 Å². The molecule has 0 aliphatic carbocycles. The molecule has 2 atom stereocenters. The first-order valence-electron chi connectivity index (χ1n) is 5.23. The van der Waals surface area contributed by atoms with E-state index in [-0.39, 0.29) is 0 Å². The van der Waals surface area contributed by atoms with Gasteiger partial charge in [-0.15, -0.1) is 11.3 Å². The van der Waals surface area contributed by atoms with Crippen molar-refractivity contribution in [3.63, 3.8) is 0 Å². The van der Waals surface area contributed by atoms with Gasteiger partial charge in [-0.3, -0.25) is 4.18 Å². The molecule has 1 aromatic rings. The lowest BCUT2D eigenvalue weighted by atomic mass is 10.1. The maximum Gasteiger partial charge on any atom is 0.264 e. The average Bonchev–Trinajstić information content (AvgIpc) is 2.71. The van der Waals surface area contributed by atoms with Crippen LogP contribution in [0.3, 0.4) is 0 Å². The Kier molecular flexibility index (Phi) is 3.60. The number of hydrogen-bond acceptors (Lipinski definition) is 6. The monoisotopic (exact) mass is 278 g/mol. The van der Waals surface area contributed by atoms with Crippen molar-refractivity contribution < 1.29 is 22.1 Å². The van der Waals surface area contributed by atoms with Crippen LogP contribution in [0.5, 0.6) is 11.5 Å². The zero-order valence-electron chi connectivity index (χ0n) is 9.58. The van der Waals surface area contributed by atoms with E-state index in [1.54, 1.807) is 0 Å². The van der Waals surface area contributed by atoms with Crippen LogP contribution in [0.15, 0.2) is 10.8 Å². The molecule has 17 heavy (non-hydrogen) atoms. The molecule has 0 amide bonds. The summed E-state index contributed by atoms with van der Waals surface area (Å²) >= 11 is 1.48. The van der Waals surface area contributed by atoms with Crippen molar-refractivity contribution >= 4 is 21.5 Å². The van der Waals surface area contributed by atoms with Crippen molar-refractivity contribution in [1.82, 2.24) is 0 Å². The molecule has 2 heterocycles. The first kappa shape index (κ1) is 12.7. The molecule has 0 aromatic carbocycles. The highest BCUT2D eigenvalue weighted by molar-refractivity contribution is 7.86. The Morgan fingerprint density at radius 1 is 1.53 bits per heavy atom. The maximum atomic E-state index is 11.1. The van der Waals surface area contributed by atoms with Gasteiger partial charge in [-0.2, -0.15) is 8.42 Å². The van der Waals surface area contributed by atoms with Gasteiger partial charge in [-0.05, 0) is 6.42 Å². The van der Waals surface area contributed by atoms with Gasteiger partial charge in [-0.25, -0.2) is 0 Å². The molecule has 1 aromatic heterocycles. The van der Waals surface area contributed by atoms with Crippen LogP contribution in [0.4, 0.5) is 0 Å². The number of thiophene rings is 1. The second kappa shape index (κ2) is 4.83. The summed E-state index contributed by atoms with van der Waals surface area (Å²) in [4.78, 5) is 0. The van der Waals surface area contributed by atoms with E-state index in [1.807, 2.05) is 17.7 Å². The number of hydrogen-bond donors (Lipinski definition) is 0. The lowest BCUT2D eigenvalue weighted by molar-refractivity contribution is 0.00529. The molecule has 0 fully saturated rings. The van der Waals surface area contributed by atoms with Crippen LogP contribution in [-0.4, -0.2) is 33.5 Å². The third-order valence-electron chi connectivity index (χ3n) is 2.39. The van der Waals surface area contributed by atoms with Gasteiger partial charge < -0.3 is 9.47 Å². The first-order valence-corrected chi connectivity index (χ1v) is 7.99. The molecular formula is C10H14O5S2. The summed E-state index contributed by atoms with van der Waals surface area (Å²) in [6.45, 7) is 2.15. The second-order valence-electron chi connectivity index (χ2n) is 3.81. The number of rotatable bonds is 4. The highest BCUT2D eigenvalue weighted by Gasteiger charge is 2.31. The van der Waals surface area contributed by atoms with Gasteiger partial charge in [0.2, 0.25) is 0 Å². The van der Waals surface area contributed by atoms with Crippen molar-refractivity contribution in [1.29, 1.82) is 0 Å². The molecule has 1 aliphatic rings. The van der Waals surface area contributed by atoms with Crippen molar-refractivity contribution in [2.45, 2.75) is 25.6 Å². The Morgan fingerprint density at radius 3 is 2.88 bits per heavy atom. The van der Waals surface area contributed by atoms with Crippen LogP contribution in [0, 0.1) is 0 Å². The fraction of sp³-hybridized carbons (Fsp3) is 0.600. The topological polar surface area (TPSA) is 61.8 Å². The van der Waals surface area contributed by atoms with E-state index in [4.69, 9.17) is 13.7 Å². The highest BCUT2D eigenvalue weighted by atomic mass is 32.2. The smallest absolute Gasteiger partial charge is 0.264 e. The zero-order valence-corrected chi connectivity index (χ0v) is 11.2. The molecule has 0 spiro atoms. The van der Waals surface area contributed by atoms with Crippen molar-refractivity contribution in [3.8, 4) is 11.5 Å². The Morgan fingerprint density at radius 2 is 2.24 bits per heavy atom. The van der Waals surface area contributed by atoms with E-state index in [0.717, 1.165) is 6.26 Å². The molecular weight excluding hydrogens is 264 g/mol. The molecule has 96 valence electrons. The van der Waals surface area contributed by atoms with E-state index < -0.39 is 22.3 Å². The first-order chi connectivity index (χ1) is 7.99. The lowest BCUT2D eigenvalue weighted by Gasteiger charge is -2.29. The Labute approximate surface area is 104 Å². The predicted octanol–water partition coefficient (Wildman–Crippen LogP) is 1.64. The second-order valence-corrected chi connectivity index (χ2v) is 6.16. The van der Waals surface area contributed by atoms with Crippen molar-refractivity contribution in [2.75, 3.05) is 12.9 Å². The summed E-state index contributed by atoms with van der Waals surface area (Å²) in [6.07, 6.45) is 0.672. The van der Waals surface area contributed by atoms with Gasteiger partial charge in [0.05, 0.1) is 6.26 Å². The van der Waals surface area contributed by atoms with Crippen molar-refractivity contribution in [3.05, 3.63) is 10.8 Å². The van der Waals surface area contributed by atoms with E-state index in [0.29, 0.717) is 24.5 Å². The summed E-state index contributed by atoms with van der Waals surface area (Å²) in [5.41, 5.74) is 0. The average molecular weight is 278 g/mol. The van der Waals surface area contributed by atoms with Gasteiger partial charge in [0.1, 0.15) is 12.7 Å². The summed E-state index contributed by atoms with van der Waals surface area (Å²) in [7, 11) is -3.48. The molecule has 0 saturated heterocycles. The van der Waals surface area contributed by atoms with Crippen LogP contribution < -0.4 is 9.47 Å². The number of ether oxygens (including phenoxy) is 2. The molecule has 7 heteroatoms. The molecule has 2 unspecified atom stereocenters. The third kappa shape index (κ3) is 3.11. The van der Waals surface area contributed by atoms with Gasteiger partial charge in [0.15, 0.2) is 17.6 Å². The molecule has 0 bridgehead atoms. The summed E-state index contributed by atoms with van der Waals surface area (Å²) in [5, 5.41) is 3.68. The lowest BCUT2D eigenvalue weighted by Crippen LogP contribution is -2.41. The van der Waals surface area contributed by atoms with Crippen LogP contribution in [0.1, 0.15) is 13.3 Å². The third-order valence-corrected chi connectivity index (χ3v) is 3.69. The maximum absolute atomic E-state index is 11.1. The highest BCUT2D eigenvalue weighted by Crippen LogP contribution is 2.36. The van der Waals surface area contributed by atoms with Gasteiger partial charge in [-0.1, -0.05) is 6.92 Å². The van der Waals surface area contributed by atoms with Crippen molar-refractivity contribution in [2.24, 2.45) is 0 Å². The molecule has 2 rings (SSSR count). The standard InChI is InChI=1S/C10H14O5S2/c1-3-7(15-17(2,11)12)8-4-13-9-5-16-6-10(9)14-8/h5-8H,3-4H2,1-2H3. The molecule has 1 aliphatic heterocycles. The van der Waals surface area contributed by atoms with Crippen LogP contribution >= 0.6 is 11.3 Å². The summed E-state index contributed by atoms with van der Waals surface area (Å²) in [5.74, 6) is 1.36. The van der Waals surface area contributed by atoms with E-state index in [2.05, 4.69) is 0 Å². The van der Waals surface area contributed by atoms with Gasteiger partial charge >= 0.3 is 0 Å². The van der Waals surface area contributed by atoms with Crippen LogP contribution in [0.2, 0.25) is 0 Å². The minimum absolute atomic E-state index is 0.303. The SMILES string of the molecule is CCC(OS(C)(=O)=O)C1COc2cscc2O1. The zero-order chi connectivity index (χ0) is 12.5. The minimum atomic E-state index is -3.48. The Hall–Kier alpha value is -0.790. The van der Waals surface area contributed by atoms with Crippen LogP contribution in [0.25, 0.3) is 0 Å². The normalized spacial score (nSPS) is 21.2. The summed E-state index contributed by atoms with van der Waals surface area (Å²) in [6, 6.07) is 0. The largest absolute Gasteiger partial charge is 0.485 e.